The standard InChI is InChI=1S/C27H40BNO5S/c1-8-10-17-29(18-11-9-2)23-19-21(28-33-26(3,4)27(5,6)34-28)20-24(35(7,30)31)25(23)32-22-15-13-12-14-16-22/h12-16,19-20H,8-11,17-18H2,1-7H3. The van der Waals surface area contributed by atoms with E-state index in [1.54, 1.807) is 6.07 Å². The number of ether oxygens (including phenoxy) is 1. The first-order chi connectivity index (χ1) is 16.4. The van der Waals surface area contributed by atoms with E-state index in [-0.39, 0.29) is 4.90 Å². The van der Waals surface area contributed by atoms with E-state index < -0.39 is 28.2 Å². The fraction of sp³-hybridized carbons (Fsp3) is 0.556. The highest BCUT2D eigenvalue weighted by molar-refractivity contribution is 7.90. The van der Waals surface area contributed by atoms with Crippen LogP contribution in [0, 0.1) is 0 Å². The molecular formula is C27H40BNO5S. The second-order valence-corrected chi connectivity index (χ2v) is 12.3. The van der Waals surface area contributed by atoms with E-state index in [1.807, 2.05) is 64.1 Å². The van der Waals surface area contributed by atoms with Gasteiger partial charge in [-0.2, -0.15) is 0 Å². The lowest BCUT2D eigenvalue weighted by molar-refractivity contribution is 0.00578. The summed E-state index contributed by atoms with van der Waals surface area (Å²) in [4.78, 5) is 2.39. The minimum absolute atomic E-state index is 0.140. The summed E-state index contributed by atoms with van der Waals surface area (Å²) in [6.45, 7) is 13.9. The minimum Gasteiger partial charge on any atom is -0.454 e. The first-order valence-corrected chi connectivity index (χ1v) is 14.5. The lowest BCUT2D eigenvalue weighted by Crippen LogP contribution is -2.41. The Balaban J connectivity index is 2.21. The van der Waals surface area contributed by atoms with Crippen LogP contribution in [0.3, 0.4) is 0 Å². The highest BCUT2D eigenvalue weighted by atomic mass is 32.2. The molecule has 2 aromatic rings. The third kappa shape index (κ3) is 6.40. The van der Waals surface area contributed by atoms with Crippen LogP contribution in [-0.4, -0.2) is 46.1 Å². The van der Waals surface area contributed by atoms with Gasteiger partial charge in [0, 0.05) is 19.3 Å². The minimum atomic E-state index is -3.62. The molecular weight excluding hydrogens is 461 g/mol. The van der Waals surface area contributed by atoms with Crippen molar-refractivity contribution in [3.05, 3.63) is 42.5 Å². The molecule has 0 atom stereocenters. The van der Waals surface area contributed by atoms with Crippen LogP contribution in [-0.2, 0) is 19.1 Å². The maximum absolute atomic E-state index is 13.1. The van der Waals surface area contributed by atoms with E-state index >= 15 is 0 Å². The topological polar surface area (TPSA) is 65.1 Å². The van der Waals surface area contributed by atoms with Crippen molar-refractivity contribution in [3.63, 3.8) is 0 Å². The number of unbranched alkanes of at least 4 members (excludes halogenated alkanes) is 2. The molecule has 192 valence electrons. The number of anilines is 1. The molecule has 8 heteroatoms. The molecule has 0 aliphatic carbocycles. The van der Waals surface area contributed by atoms with E-state index in [0.29, 0.717) is 17.0 Å². The smallest absolute Gasteiger partial charge is 0.454 e. The Kier molecular flexibility index (Phi) is 8.61. The van der Waals surface area contributed by atoms with Gasteiger partial charge in [0.05, 0.1) is 16.9 Å². The van der Waals surface area contributed by atoms with Crippen LogP contribution in [0.15, 0.2) is 47.4 Å². The average molecular weight is 501 g/mol. The van der Waals surface area contributed by atoms with Gasteiger partial charge < -0.3 is 18.9 Å². The third-order valence-corrected chi connectivity index (χ3v) is 7.95. The van der Waals surface area contributed by atoms with Gasteiger partial charge in [0.15, 0.2) is 15.6 Å². The molecule has 2 aromatic carbocycles. The monoisotopic (exact) mass is 501 g/mol. The summed E-state index contributed by atoms with van der Waals surface area (Å²) in [5, 5.41) is 0. The largest absolute Gasteiger partial charge is 0.494 e. The Morgan fingerprint density at radius 3 is 1.94 bits per heavy atom. The van der Waals surface area contributed by atoms with Crippen molar-refractivity contribution in [1.29, 1.82) is 0 Å². The zero-order valence-electron chi connectivity index (χ0n) is 22.3. The molecule has 1 heterocycles. The molecule has 0 aromatic heterocycles. The van der Waals surface area contributed by atoms with Crippen molar-refractivity contribution >= 4 is 28.1 Å². The van der Waals surface area contributed by atoms with Gasteiger partial charge in [0.25, 0.3) is 0 Å². The normalized spacial score (nSPS) is 16.9. The summed E-state index contributed by atoms with van der Waals surface area (Å²) in [5.74, 6) is 0.944. The molecule has 1 aliphatic rings. The predicted octanol–water partition coefficient (Wildman–Crippen LogP) is 5.59. The van der Waals surface area contributed by atoms with Crippen LogP contribution in [0.1, 0.15) is 67.2 Å². The van der Waals surface area contributed by atoms with Crippen LogP contribution in [0.25, 0.3) is 0 Å². The SMILES string of the molecule is CCCCN(CCCC)c1cc(B2OC(C)(C)C(C)(C)O2)cc(S(C)(=O)=O)c1Oc1ccccc1. The quantitative estimate of drug-likeness (QED) is 0.374. The van der Waals surface area contributed by atoms with E-state index in [0.717, 1.165) is 44.5 Å². The molecule has 0 amide bonds. The molecule has 0 radical (unpaired) electrons. The van der Waals surface area contributed by atoms with Gasteiger partial charge in [-0.05, 0) is 70.3 Å². The first-order valence-electron chi connectivity index (χ1n) is 12.6. The molecule has 1 saturated heterocycles. The van der Waals surface area contributed by atoms with Crippen LogP contribution >= 0.6 is 0 Å². The number of hydrogen-bond donors (Lipinski definition) is 0. The van der Waals surface area contributed by atoms with Gasteiger partial charge >= 0.3 is 7.12 Å². The van der Waals surface area contributed by atoms with Gasteiger partial charge in [-0.15, -0.1) is 0 Å². The Morgan fingerprint density at radius 1 is 0.914 bits per heavy atom. The predicted molar refractivity (Wildman–Crippen MR) is 144 cm³/mol. The highest BCUT2D eigenvalue weighted by Gasteiger charge is 2.52. The van der Waals surface area contributed by atoms with E-state index in [2.05, 4.69) is 18.7 Å². The maximum Gasteiger partial charge on any atom is 0.494 e. The zero-order valence-corrected chi connectivity index (χ0v) is 23.1. The van der Waals surface area contributed by atoms with Gasteiger partial charge in [-0.25, -0.2) is 8.42 Å². The number of nitrogens with zero attached hydrogens (tertiary/aromatic N) is 1. The number of hydrogen-bond acceptors (Lipinski definition) is 6. The maximum atomic E-state index is 13.1. The zero-order chi connectivity index (χ0) is 25.9. The van der Waals surface area contributed by atoms with Crippen molar-refractivity contribution in [2.75, 3.05) is 24.2 Å². The molecule has 0 bridgehead atoms. The molecule has 0 unspecified atom stereocenters. The summed E-state index contributed by atoms with van der Waals surface area (Å²) < 4.78 is 45.1. The molecule has 0 N–H and O–H groups in total. The van der Waals surface area contributed by atoms with Gasteiger partial charge in [-0.1, -0.05) is 44.9 Å². The molecule has 3 rings (SSSR count). The molecule has 35 heavy (non-hydrogen) atoms. The van der Waals surface area contributed by atoms with E-state index in [9.17, 15) is 8.42 Å². The van der Waals surface area contributed by atoms with Crippen molar-refractivity contribution < 1.29 is 22.5 Å². The third-order valence-electron chi connectivity index (χ3n) is 6.85. The summed E-state index contributed by atoms with van der Waals surface area (Å²) in [6.07, 6.45) is 5.27. The summed E-state index contributed by atoms with van der Waals surface area (Å²) in [5.41, 5.74) is 0.361. The van der Waals surface area contributed by atoms with Crippen LogP contribution in [0.4, 0.5) is 5.69 Å². The van der Waals surface area contributed by atoms with E-state index in [4.69, 9.17) is 14.0 Å². The molecule has 0 spiro atoms. The van der Waals surface area contributed by atoms with Crippen LogP contribution in [0.2, 0.25) is 0 Å². The Hall–Kier alpha value is -2.03. The number of benzene rings is 2. The summed E-state index contributed by atoms with van der Waals surface area (Å²) >= 11 is 0. The molecule has 1 fully saturated rings. The molecule has 6 nitrogen and oxygen atoms in total. The Morgan fingerprint density at radius 2 is 1.46 bits per heavy atom. The number of rotatable bonds is 11. The first kappa shape index (κ1) is 27.6. The summed E-state index contributed by atoms with van der Waals surface area (Å²) in [7, 11) is -4.30. The van der Waals surface area contributed by atoms with Crippen molar-refractivity contribution in [2.45, 2.75) is 83.3 Å². The second-order valence-electron chi connectivity index (χ2n) is 10.3. The summed E-state index contributed by atoms with van der Waals surface area (Å²) in [6, 6.07) is 13.0. The molecule has 0 saturated carbocycles. The number of sulfone groups is 1. The number of para-hydroxylation sites is 1. The molecule has 1 aliphatic heterocycles. The van der Waals surface area contributed by atoms with E-state index in [1.165, 1.54) is 6.26 Å². The fourth-order valence-electron chi connectivity index (χ4n) is 3.99. The Bertz CT molecular complexity index is 1080. The lowest BCUT2D eigenvalue weighted by Gasteiger charge is -2.32. The van der Waals surface area contributed by atoms with Crippen LogP contribution in [0.5, 0.6) is 11.5 Å². The lowest BCUT2D eigenvalue weighted by atomic mass is 9.78. The Labute approximate surface area is 212 Å². The fourth-order valence-corrected chi connectivity index (χ4v) is 4.83. The van der Waals surface area contributed by atoms with Gasteiger partial charge in [-0.3, -0.25) is 0 Å². The highest BCUT2D eigenvalue weighted by Crippen LogP contribution is 2.41. The average Bonchev–Trinajstić information content (AvgIpc) is 3.01. The van der Waals surface area contributed by atoms with Gasteiger partial charge in [0.1, 0.15) is 10.6 Å². The van der Waals surface area contributed by atoms with Crippen LogP contribution < -0.4 is 15.1 Å². The van der Waals surface area contributed by atoms with Crippen molar-refractivity contribution in [2.24, 2.45) is 0 Å². The van der Waals surface area contributed by atoms with Crippen molar-refractivity contribution in [1.82, 2.24) is 0 Å². The second kappa shape index (κ2) is 10.9. The van der Waals surface area contributed by atoms with Crippen molar-refractivity contribution in [3.8, 4) is 11.5 Å². The van der Waals surface area contributed by atoms with Gasteiger partial charge in [0.2, 0.25) is 0 Å².